The molecule has 0 N–H and O–H groups in total. The van der Waals surface area contributed by atoms with E-state index in [2.05, 4.69) is 9.97 Å². The summed E-state index contributed by atoms with van der Waals surface area (Å²) in [6, 6.07) is 7.63. The Morgan fingerprint density at radius 3 is 2.58 bits per heavy atom. The van der Waals surface area contributed by atoms with Crippen LogP contribution in [0.5, 0.6) is 0 Å². The molecule has 0 radical (unpaired) electrons. The second-order valence-electron chi connectivity index (χ2n) is 4.28. The van der Waals surface area contributed by atoms with Crippen molar-refractivity contribution in [2.75, 3.05) is 19.0 Å². The number of rotatable bonds is 3. The Morgan fingerprint density at radius 1 is 1.05 bits per heavy atom. The molecule has 5 heteroatoms. The van der Waals surface area contributed by atoms with Crippen molar-refractivity contribution in [3.05, 3.63) is 42.2 Å². The second kappa shape index (κ2) is 4.61. The van der Waals surface area contributed by atoms with Crippen molar-refractivity contribution in [2.24, 2.45) is 0 Å². The van der Waals surface area contributed by atoms with Crippen LogP contribution in [0.2, 0.25) is 0 Å². The third kappa shape index (κ3) is 2.35. The fraction of sp³-hybridized carbons (Fsp3) is 0.143. The zero-order chi connectivity index (χ0) is 13.2. The number of anilines is 1. The summed E-state index contributed by atoms with van der Waals surface area (Å²) in [5.74, 6) is 1.76. The van der Waals surface area contributed by atoms with Crippen molar-refractivity contribution in [3.63, 3.8) is 0 Å². The van der Waals surface area contributed by atoms with Gasteiger partial charge in [0.05, 0.1) is 6.20 Å². The minimum Gasteiger partial charge on any atom is -0.437 e. The van der Waals surface area contributed by atoms with Crippen LogP contribution in [-0.4, -0.2) is 24.1 Å². The molecule has 0 aliphatic heterocycles. The molecule has 3 rings (SSSR count). The Kier molecular flexibility index (Phi) is 2.79. The van der Waals surface area contributed by atoms with Gasteiger partial charge in [0, 0.05) is 26.2 Å². The average molecular weight is 255 g/mol. The normalized spacial score (nSPS) is 11.5. The molecule has 0 fully saturated rings. The predicted molar refractivity (Wildman–Crippen MR) is 73.8 cm³/mol. The summed E-state index contributed by atoms with van der Waals surface area (Å²) in [6.07, 6.45) is 5.15. The molecule has 0 aliphatic carbocycles. The van der Waals surface area contributed by atoms with Gasteiger partial charge in [0.2, 0.25) is 17.7 Å². The molecule has 0 bridgehead atoms. The SMILES string of the molecule is CN(C)c1cnc(/C=C/c2nc3ccccc3o2)o1. The van der Waals surface area contributed by atoms with Crippen molar-refractivity contribution in [3.8, 4) is 0 Å². The van der Waals surface area contributed by atoms with E-state index in [-0.39, 0.29) is 0 Å². The lowest BCUT2D eigenvalue weighted by molar-refractivity contribution is 0.545. The highest BCUT2D eigenvalue weighted by atomic mass is 16.4. The molecule has 0 unspecified atom stereocenters. The first-order valence-electron chi connectivity index (χ1n) is 5.89. The predicted octanol–water partition coefficient (Wildman–Crippen LogP) is 3.05. The topological polar surface area (TPSA) is 55.3 Å². The molecular weight excluding hydrogens is 242 g/mol. The van der Waals surface area contributed by atoms with Gasteiger partial charge in [-0.2, -0.15) is 0 Å². The number of aromatic nitrogens is 2. The third-order valence-corrected chi connectivity index (χ3v) is 2.63. The van der Waals surface area contributed by atoms with E-state index in [4.69, 9.17) is 8.83 Å². The van der Waals surface area contributed by atoms with Crippen molar-refractivity contribution in [1.29, 1.82) is 0 Å². The summed E-state index contributed by atoms with van der Waals surface area (Å²) in [5.41, 5.74) is 1.60. The van der Waals surface area contributed by atoms with Gasteiger partial charge >= 0.3 is 0 Å². The van der Waals surface area contributed by atoms with Crippen LogP contribution in [0.1, 0.15) is 11.8 Å². The van der Waals surface area contributed by atoms with E-state index in [9.17, 15) is 0 Å². The number of fused-ring (bicyclic) bond motifs is 1. The molecule has 2 aromatic heterocycles. The van der Waals surface area contributed by atoms with Crippen LogP contribution < -0.4 is 4.90 Å². The van der Waals surface area contributed by atoms with Crippen molar-refractivity contribution in [1.82, 2.24) is 9.97 Å². The fourth-order valence-electron chi connectivity index (χ4n) is 1.67. The van der Waals surface area contributed by atoms with Crippen molar-refractivity contribution >= 4 is 29.1 Å². The molecular formula is C14H13N3O2. The maximum atomic E-state index is 5.57. The molecule has 0 spiro atoms. The summed E-state index contributed by atoms with van der Waals surface area (Å²) in [7, 11) is 3.80. The van der Waals surface area contributed by atoms with Crippen molar-refractivity contribution < 1.29 is 8.83 Å². The van der Waals surface area contributed by atoms with E-state index in [1.54, 1.807) is 18.3 Å². The molecule has 0 saturated heterocycles. The van der Waals surface area contributed by atoms with Crippen LogP contribution in [0.15, 0.2) is 39.3 Å². The van der Waals surface area contributed by atoms with E-state index < -0.39 is 0 Å². The summed E-state index contributed by atoms with van der Waals surface area (Å²) in [6.45, 7) is 0. The highest BCUT2D eigenvalue weighted by Crippen LogP contribution is 2.18. The number of hydrogen-bond donors (Lipinski definition) is 0. The summed E-state index contributed by atoms with van der Waals surface area (Å²) in [5, 5.41) is 0. The molecule has 0 aliphatic rings. The lowest BCUT2D eigenvalue weighted by Gasteiger charge is -2.04. The van der Waals surface area contributed by atoms with E-state index in [1.165, 1.54) is 0 Å². The number of nitrogens with zero attached hydrogens (tertiary/aromatic N) is 3. The number of benzene rings is 1. The number of para-hydroxylation sites is 2. The van der Waals surface area contributed by atoms with Gasteiger partial charge in [-0.3, -0.25) is 0 Å². The van der Waals surface area contributed by atoms with Gasteiger partial charge in [0.1, 0.15) is 5.52 Å². The first-order valence-corrected chi connectivity index (χ1v) is 5.89. The Hall–Kier alpha value is -2.56. The van der Waals surface area contributed by atoms with Crippen LogP contribution in [0.3, 0.4) is 0 Å². The zero-order valence-corrected chi connectivity index (χ0v) is 10.7. The van der Waals surface area contributed by atoms with Gasteiger partial charge in [0.25, 0.3) is 0 Å². The molecule has 1 aromatic carbocycles. The fourth-order valence-corrected chi connectivity index (χ4v) is 1.67. The Labute approximate surface area is 110 Å². The van der Waals surface area contributed by atoms with Gasteiger partial charge in [0.15, 0.2) is 5.58 Å². The van der Waals surface area contributed by atoms with E-state index in [0.29, 0.717) is 17.7 Å². The van der Waals surface area contributed by atoms with Crippen LogP contribution in [0.25, 0.3) is 23.3 Å². The van der Waals surface area contributed by atoms with Gasteiger partial charge in [-0.05, 0) is 12.1 Å². The lowest BCUT2D eigenvalue weighted by atomic mass is 10.3. The second-order valence-corrected chi connectivity index (χ2v) is 4.28. The molecule has 5 nitrogen and oxygen atoms in total. The van der Waals surface area contributed by atoms with Crippen LogP contribution >= 0.6 is 0 Å². The highest BCUT2D eigenvalue weighted by molar-refractivity contribution is 5.75. The first-order chi connectivity index (χ1) is 9.22. The van der Waals surface area contributed by atoms with Crippen LogP contribution in [0.4, 0.5) is 5.88 Å². The standard InChI is InChI=1S/C14H13N3O2/c1-17(2)14-9-15-12(19-14)7-8-13-16-10-5-3-4-6-11(10)18-13/h3-9H,1-2H3/b8-7+. The number of oxazole rings is 2. The Balaban J connectivity index is 1.84. The lowest BCUT2D eigenvalue weighted by Crippen LogP contribution is -2.06. The molecule has 0 saturated carbocycles. The maximum absolute atomic E-state index is 5.57. The minimum absolute atomic E-state index is 0.519. The van der Waals surface area contributed by atoms with Gasteiger partial charge in [-0.15, -0.1) is 0 Å². The first kappa shape index (κ1) is 11.5. The molecule has 0 amide bonds. The molecule has 2 heterocycles. The molecule has 0 atom stereocenters. The quantitative estimate of drug-likeness (QED) is 0.720. The molecule has 3 aromatic rings. The third-order valence-electron chi connectivity index (χ3n) is 2.63. The summed E-state index contributed by atoms with van der Waals surface area (Å²) >= 11 is 0. The van der Waals surface area contributed by atoms with E-state index in [1.807, 2.05) is 43.3 Å². The summed E-state index contributed by atoms with van der Waals surface area (Å²) < 4.78 is 11.1. The maximum Gasteiger partial charge on any atom is 0.221 e. The van der Waals surface area contributed by atoms with Gasteiger partial charge < -0.3 is 13.7 Å². The van der Waals surface area contributed by atoms with Crippen molar-refractivity contribution in [2.45, 2.75) is 0 Å². The van der Waals surface area contributed by atoms with Gasteiger partial charge in [-0.25, -0.2) is 9.97 Å². The zero-order valence-electron chi connectivity index (χ0n) is 10.7. The largest absolute Gasteiger partial charge is 0.437 e. The smallest absolute Gasteiger partial charge is 0.221 e. The minimum atomic E-state index is 0.519. The van der Waals surface area contributed by atoms with Crippen LogP contribution in [-0.2, 0) is 0 Å². The highest BCUT2D eigenvalue weighted by Gasteiger charge is 2.04. The monoisotopic (exact) mass is 255 g/mol. The van der Waals surface area contributed by atoms with E-state index in [0.717, 1.165) is 11.1 Å². The summed E-state index contributed by atoms with van der Waals surface area (Å²) in [4.78, 5) is 10.3. The average Bonchev–Trinajstić information content (AvgIpc) is 3.02. The Morgan fingerprint density at radius 2 is 1.84 bits per heavy atom. The molecule has 96 valence electrons. The molecule has 19 heavy (non-hydrogen) atoms. The Bertz CT molecular complexity index is 692. The van der Waals surface area contributed by atoms with Crippen LogP contribution in [0, 0.1) is 0 Å². The van der Waals surface area contributed by atoms with Gasteiger partial charge in [-0.1, -0.05) is 12.1 Å². The van der Waals surface area contributed by atoms with E-state index >= 15 is 0 Å². The number of hydrogen-bond acceptors (Lipinski definition) is 5.